The topological polar surface area (TPSA) is 77.1 Å². The summed E-state index contributed by atoms with van der Waals surface area (Å²) in [5, 5.41) is 13.5. The Morgan fingerprint density at radius 3 is 2.61 bits per heavy atom. The Morgan fingerprint density at radius 1 is 1.10 bits per heavy atom. The molecule has 0 saturated heterocycles. The maximum Gasteiger partial charge on any atom is 0.341 e. The number of hydrogen-bond donors (Lipinski definition) is 1. The molecule has 2 aromatic heterocycles. The molecule has 0 aliphatic carbocycles. The van der Waals surface area contributed by atoms with Crippen LogP contribution in [0.1, 0.15) is 29.3 Å². The number of carboxylic acid groups (broad SMARTS) is 1. The van der Waals surface area contributed by atoms with Crippen molar-refractivity contribution in [2.45, 2.75) is 26.4 Å². The van der Waals surface area contributed by atoms with Crippen LogP contribution in [0.4, 0.5) is 8.78 Å². The SMILES string of the molecule is CCCn1cc(-c2ccc(Cn3cc(C(=O)O)c(=O)c4cccc(F)c43)c(F)c2)cn1. The third kappa shape index (κ3) is 3.84. The number of aromatic nitrogens is 3. The molecule has 0 amide bonds. The van der Waals surface area contributed by atoms with Gasteiger partial charge in [-0.2, -0.15) is 5.10 Å². The number of nitrogens with zero attached hydrogens (tertiary/aromatic N) is 3. The van der Waals surface area contributed by atoms with Gasteiger partial charge in [0.2, 0.25) is 5.43 Å². The second-order valence-corrected chi connectivity index (χ2v) is 7.24. The normalized spacial score (nSPS) is 11.2. The van der Waals surface area contributed by atoms with Gasteiger partial charge in [0.15, 0.2) is 0 Å². The van der Waals surface area contributed by atoms with Gasteiger partial charge in [-0.05, 0) is 30.2 Å². The van der Waals surface area contributed by atoms with Gasteiger partial charge >= 0.3 is 5.97 Å². The highest BCUT2D eigenvalue weighted by atomic mass is 19.1. The van der Waals surface area contributed by atoms with Crippen LogP contribution in [-0.2, 0) is 13.1 Å². The molecule has 4 rings (SSSR count). The molecule has 0 aliphatic heterocycles. The van der Waals surface area contributed by atoms with Crippen LogP contribution in [-0.4, -0.2) is 25.4 Å². The predicted molar refractivity (Wildman–Crippen MR) is 112 cm³/mol. The van der Waals surface area contributed by atoms with Crippen molar-refractivity contribution in [1.82, 2.24) is 14.3 Å². The fourth-order valence-corrected chi connectivity index (χ4v) is 3.59. The van der Waals surface area contributed by atoms with Gasteiger partial charge in [-0.3, -0.25) is 9.48 Å². The zero-order valence-electron chi connectivity index (χ0n) is 16.7. The van der Waals surface area contributed by atoms with Crippen LogP contribution in [0, 0.1) is 11.6 Å². The van der Waals surface area contributed by atoms with Gasteiger partial charge in [0, 0.05) is 35.5 Å². The van der Waals surface area contributed by atoms with E-state index in [-0.39, 0.29) is 23.0 Å². The Balaban J connectivity index is 1.76. The second kappa shape index (κ2) is 8.14. The summed E-state index contributed by atoms with van der Waals surface area (Å²) in [6, 6.07) is 8.52. The van der Waals surface area contributed by atoms with E-state index in [9.17, 15) is 23.5 Å². The van der Waals surface area contributed by atoms with Gasteiger partial charge in [0.05, 0.1) is 18.3 Å². The lowest BCUT2D eigenvalue weighted by Crippen LogP contribution is -2.20. The van der Waals surface area contributed by atoms with Crippen molar-refractivity contribution in [3.05, 3.63) is 88.0 Å². The van der Waals surface area contributed by atoms with Crippen molar-refractivity contribution in [1.29, 1.82) is 0 Å². The minimum Gasteiger partial charge on any atom is -0.477 e. The third-order valence-electron chi connectivity index (χ3n) is 5.09. The number of aryl methyl sites for hydroxylation is 1. The van der Waals surface area contributed by atoms with Crippen LogP contribution in [0.2, 0.25) is 0 Å². The maximum absolute atomic E-state index is 14.9. The molecular weight excluding hydrogens is 404 g/mol. The lowest BCUT2D eigenvalue weighted by Gasteiger charge is -2.14. The van der Waals surface area contributed by atoms with Crippen molar-refractivity contribution >= 4 is 16.9 Å². The standard InChI is InChI=1S/C23H19F2N3O3/c1-2-8-28-12-16(10-26-28)14-6-7-15(20(25)9-14)11-27-13-18(23(30)31)22(29)17-4-3-5-19(24)21(17)27/h3-7,9-10,12-13H,2,8,11H2,1H3,(H,30,31). The largest absolute Gasteiger partial charge is 0.477 e. The van der Waals surface area contributed by atoms with Gasteiger partial charge in [-0.15, -0.1) is 0 Å². The van der Waals surface area contributed by atoms with Gasteiger partial charge < -0.3 is 9.67 Å². The van der Waals surface area contributed by atoms with Crippen LogP contribution < -0.4 is 5.43 Å². The first-order valence-electron chi connectivity index (χ1n) is 9.75. The summed E-state index contributed by atoms with van der Waals surface area (Å²) in [7, 11) is 0. The summed E-state index contributed by atoms with van der Waals surface area (Å²) in [4.78, 5) is 23.9. The number of hydrogen-bond acceptors (Lipinski definition) is 3. The van der Waals surface area contributed by atoms with E-state index < -0.39 is 28.6 Å². The molecule has 31 heavy (non-hydrogen) atoms. The van der Waals surface area contributed by atoms with Crippen LogP contribution in [0.5, 0.6) is 0 Å². The van der Waals surface area contributed by atoms with Crippen LogP contribution >= 0.6 is 0 Å². The van der Waals surface area contributed by atoms with Crippen molar-refractivity contribution in [2.75, 3.05) is 0 Å². The van der Waals surface area contributed by atoms with Crippen molar-refractivity contribution in [3.63, 3.8) is 0 Å². The summed E-state index contributed by atoms with van der Waals surface area (Å²) in [5.74, 6) is -2.64. The Morgan fingerprint density at radius 2 is 1.90 bits per heavy atom. The first-order valence-corrected chi connectivity index (χ1v) is 9.75. The first kappa shape index (κ1) is 20.5. The molecule has 1 N–H and O–H groups in total. The molecule has 8 heteroatoms. The highest BCUT2D eigenvalue weighted by Gasteiger charge is 2.18. The van der Waals surface area contributed by atoms with E-state index in [1.54, 1.807) is 23.0 Å². The van der Waals surface area contributed by atoms with E-state index in [1.807, 2.05) is 13.1 Å². The molecule has 0 bridgehead atoms. The molecule has 6 nitrogen and oxygen atoms in total. The highest BCUT2D eigenvalue weighted by molar-refractivity contribution is 5.92. The lowest BCUT2D eigenvalue weighted by atomic mass is 10.1. The van der Waals surface area contributed by atoms with Gasteiger partial charge in [0.1, 0.15) is 17.2 Å². The highest BCUT2D eigenvalue weighted by Crippen LogP contribution is 2.24. The van der Waals surface area contributed by atoms with E-state index in [0.717, 1.165) is 24.7 Å². The van der Waals surface area contributed by atoms with E-state index in [0.29, 0.717) is 5.56 Å². The third-order valence-corrected chi connectivity index (χ3v) is 5.09. The van der Waals surface area contributed by atoms with E-state index >= 15 is 0 Å². The average molecular weight is 423 g/mol. The molecule has 4 aromatic rings. The summed E-state index contributed by atoms with van der Waals surface area (Å²) < 4.78 is 32.4. The smallest absolute Gasteiger partial charge is 0.341 e. The van der Waals surface area contributed by atoms with Crippen molar-refractivity contribution < 1.29 is 18.7 Å². The molecule has 2 heterocycles. The van der Waals surface area contributed by atoms with Gasteiger partial charge in [0.25, 0.3) is 0 Å². The minimum absolute atomic E-state index is 0.0678. The molecule has 158 valence electrons. The molecule has 0 unspecified atom stereocenters. The van der Waals surface area contributed by atoms with E-state index in [1.165, 1.54) is 28.8 Å². The molecule has 0 aliphatic rings. The van der Waals surface area contributed by atoms with Crippen LogP contribution in [0.15, 0.2) is 59.8 Å². The van der Waals surface area contributed by atoms with Gasteiger partial charge in [-0.25, -0.2) is 13.6 Å². The summed E-state index contributed by atoms with van der Waals surface area (Å²) in [6.45, 7) is 2.66. The number of halogens is 2. The lowest BCUT2D eigenvalue weighted by molar-refractivity contribution is 0.0695. The van der Waals surface area contributed by atoms with Crippen molar-refractivity contribution in [2.24, 2.45) is 0 Å². The summed E-state index contributed by atoms with van der Waals surface area (Å²) >= 11 is 0. The number of aromatic carboxylic acids is 1. The average Bonchev–Trinajstić information content (AvgIpc) is 3.20. The number of rotatable bonds is 6. The molecule has 0 spiro atoms. The number of benzene rings is 2. The summed E-state index contributed by atoms with van der Waals surface area (Å²) in [6.07, 6.45) is 5.48. The Kier molecular flexibility index (Phi) is 5.37. The number of para-hydroxylation sites is 1. The molecular formula is C23H19F2N3O3. The monoisotopic (exact) mass is 423 g/mol. The van der Waals surface area contributed by atoms with Crippen molar-refractivity contribution in [3.8, 4) is 11.1 Å². The number of carbonyl (C=O) groups is 1. The second-order valence-electron chi connectivity index (χ2n) is 7.24. The Hall–Kier alpha value is -3.81. The molecule has 0 radical (unpaired) electrons. The predicted octanol–water partition coefficient (Wildman–Crippen LogP) is 4.30. The molecule has 0 atom stereocenters. The molecule has 0 fully saturated rings. The number of pyridine rings is 1. The minimum atomic E-state index is -1.43. The quantitative estimate of drug-likeness (QED) is 0.502. The summed E-state index contributed by atoms with van der Waals surface area (Å²) in [5.41, 5.74) is 0.297. The first-order chi connectivity index (χ1) is 14.9. The molecule has 2 aromatic carbocycles. The number of fused-ring (bicyclic) bond motifs is 1. The van der Waals surface area contributed by atoms with E-state index in [2.05, 4.69) is 5.10 Å². The zero-order chi connectivity index (χ0) is 22.1. The number of carboxylic acids is 1. The van der Waals surface area contributed by atoms with E-state index in [4.69, 9.17) is 0 Å². The maximum atomic E-state index is 14.9. The van der Waals surface area contributed by atoms with Gasteiger partial charge in [-0.1, -0.05) is 25.1 Å². The zero-order valence-corrected chi connectivity index (χ0v) is 16.7. The Bertz CT molecular complexity index is 1360. The Labute approximate surface area is 176 Å². The molecule has 0 saturated carbocycles. The fourth-order valence-electron chi connectivity index (χ4n) is 3.59. The van der Waals surface area contributed by atoms with Crippen LogP contribution in [0.3, 0.4) is 0 Å². The van der Waals surface area contributed by atoms with Crippen LogP contribution in [0.25, 0.3) is 22.0 Å². The fraction of sp³-hybridized carbons (Fsp3) is 0.174.